The number of nitrogens with two attached hydrogens (primary N) is 1. The summed E-state index contributed by atoms with van der Waals surface area (Å²) in [5, 5.41) is 0.734. The van der Waals surface area contributed by atoms with E-state index in [-0.39, 0.29) is 12.4 Å². The van der Waals surface area contributed by atoms with E-state index in [2.05, 4.69) is 0 Å². The Balaban J connectivity index is 0. The number of rotatable bonds is 3. The fourth-order valence-corrected chi connectivity index (χ4v) is 0.592. The third kappa shape index (κ3) is 6.93. The van der Waals surface area contributed by atoms with E-state index < -0.39 is 24.7 Å². The number of carbonyl (C=O) groups is 1. The number of likely N-dealkylation sites (N-methyl/N-ethyl adjacent to an activating group) is 1. The van der Waals surface area contributed by atoms with E-state index in [0.717, 1.165) is 5.01 Å². The SMILES string of the molecule is C[C@@H](N)C(=O)N(C)NCC(F)(F)F.Cl. The van der Waals surface area contributed by atoms with E-state index in [1.165, 1.54) is 14.0 Å². The molecular weight excluding hydrogens is 223 g/mol. The van der Waals surface area contributed by atoms with Gasteiger partial charge in [0, 0.05) is 7.05 Å². The molecule has 0 rings (SSSR count). The Morgan fingerprint density at radius 3 is 2.29 bits per heavy atom. The summed E-state index contributed by atoms with van der Waals surface area (Å²) in [7, 11) is 1.19. The predicted molar refractivity (Wildman–Crippen MR) is 47.7 cm³/mol. The lowest BCUT2D eigenvalue weighted by Gasteiger charge is -2.20. The summed E-state index contributed by atoms with van der Waals surface area (Å²) in [5.74, 6) is -0.593. The molecule has 1 amide bonds. The van der Waals surface area contributed by atoms with Crippen LogP contribution >= 0.6 is 12.4 Å². The first-order valence-electron chi connectivity index (χ1n) is 3.57. The van der Waals surface area contributed by atoms with Crippen LogP contribution in [0.25, 0.3) is 0 Å². The zero-order valence-corrected chi connectivity index (χ0v) is 8.58. The van der Waals surface area contributed by atoms with Crippen LogP contribution in [0.4, 0.5) is 13.2 Å². The number of hydrogen-bond acceptors (Lipinski definition) is 3. The van der Waals surface area contributed by atoms with Gasteiger partial charge >= 0.3 is 6.18 Å². The van der Waals surface area contributed by atoms with Crippen LogP contribution in [0.2, 0.25) is 0 Å². The summed E-state index contributed by atoms with van der Waals surface area (Å²) in [6.45, 7) is 0.149. The van der Waals surface area contributed by atoms with Crippen molar-refractivity contribution < 1.29 is 18.0 Å². The number of hydrogen-bond donors (Lipinski definition) is 2. The minimum atomic E-state index is -4.34. The first kappa shape index (κ1) is 15.9. The molecule has 0 aromatic heterocycles. The van der Waals surface area contributed by atoms with Gasteiger partial charge in [-0.1, -0.05) is 0 Å². The minimum Gasteiger partial charge on any atom is -0.320 e. The number of nitrogens with zero attached hydrogens (tertiary/aromatic N) is 1. The first-order valence-corrected chi connectivity index (χ1v) is 3.57. The molecule has 0 unspecified atom stereocenters. The number of nitrogens with one attached hydrogen (secondary N) is 1. The number of amides is 1. The molecule has 0 saturated heterocycles. The first-order chi connectivity index (χ1) is 5.74. The van der Waals surface area contributed by atoms with Crippen molar-refractivity contribution in [3.63, 3.8) is 0 Å². The second-order valence-electron chi connectivity index (χ2n) is 2.64. The molecule has 0 bridgehead atoms. The van der Waals surface area contributed by atoms with Gasteiger partial charge in [-0.25, -0.2) is 5.43 Å². The van der Waals surface area contributed by atoms with Gasteiger partial charge in [-0.3, -0.25) is 9.80 Å². The fraction of sp³-hybridized carbons (Fsp3) is 0.833. The quantitative estimate of drug-likeness (QED) is 0.691. The highest BCUT2D eigenvalue weighted by atomic mass is 35.5. The van der Waals surface area contributed by atoms with Crippen LogP contribution in [0.3, 0.4) is 0 Å². The number of alkyl halides is 3. The molecule has 8 heteroatoms. The van der Waals surface area contributed by atoms with Crippen molar-refractivity contribution in [3.05, 3.63) is 0 Å². The standard InChI is InChI=1S/C6H12F3N3O.ClH/c1-4(10)5(13)12(2)11-3-6(7,8)9;/h4,11H,3,10H2,1-2H3;1H/t4-;/m1./s1. The van der Waals surface area contributed by atoms with Crippen molar-refractivity contribution in [1.82, 2.24) is 10.4 Å². The van der Waals surface area contributed by atoms with Crippen molar-refractivity contribution in [2.24, 2.45) is 5.73 Å². The highest BCUT2D eigenvalue weighted by molar-refractivity contribution is 5.85. The average molecular weight is 236 g/mol. The van der Waals surface area contributed by atoms with Gasteiger partial charge in [0.2, 0.25) is 0 Å². The van der Waals surface area contributed by atoms with Crippen molar-refractivity contribution in [3.8, 4) is 0 Å². The molecule has 0 aromatic carbocycles. The summed E-state index contributed by atoms with van der Waals surface area (Å²) in [6, 6.07) is -0.814. The topological polar surface area (TPSA) is 58.4 Å². The van der Waals surface area contributed by atoms with Crippen LogP contribution in [-0.4, -0.2) is 36.7 Å². The van der Waals surface area contributed by atoms with Gasteiger partial charge in [0.15, 0.2) is 0 Å². The predicted octanol–water partition coefficient (Wildman–Crippen LogP) is 0.281. The van der Waals surface area contributed by atoms with E-state index in [0.29, 0.717) is 0 Å². The molecule has 0 aromatic rings. The zero-order valence-electron chi connectivity index (χ0n) is 7.76. The summed E-state index contributed by atoms with van der Waals surface area (Å²) >= 11 is 0. The molecule has 0 spiro atoms. The van der Waals surface area contributed by atoms with Crippen LogP contribution in [0, 0.1) is 0 Å². The van der Waals surface area contributed by atoms with E-state index >= 15 is 0 Å². The molecule has 3 N–H and O–H groups in total. The molecule has 0 saturated carbocycles. The Morgan fingerprint density at radius 2 is 2.00 bits per heavy atom. The highest BCUT2D eigenvalue weighted by Gasteiger charge is 2.28. The van der Waals surface area contributed by atoms with Gasteiger partial charge in [0.1, 0.15) is 6.54 Å². The lowest BCUT2D eigenvalue weighted by molar-refractivity contribution is -0.146. The lowest BCUT2D eigenvalue weighted by Crippen LogP contribution is -2.49. The maximum Gasteiger partial charge on any atom is 0.402 e. The van der Waals surface area contributed by atoms with Gasteiger partial charge in [-0.15, -0.1) is 12.4 Å². The molecule has 0 fully saturated rings. The van der Waals surface area contributed by atoms with Crippen molar-refractivity contribution >= 4 is 18.3 Å². The van der Waals surface area contributed by atoms with Gasteiger partial charge in [0.25, 0.3) is 5.91 Å². The molecule has 0 heterocycles. The second kappa shape index (κ2) is 6.05. The maximum absolute atomic E-state index is 11.6. The Bertz CT molecular complexity index is 186. The van der Waals surface area contributed by atoms with E-state index in [1.807, 2.05) is 5.43 Å². The highest BCUT2D eigenvalue weighted by Crippen LogP contribution is 2.12. The lowest BCUT2D eigenvalue weighted by atomic mass is 10.3. The normalized spacial score (nSPS) is 13.0. The number of hydrazine groups is 1. The van der Waals surface area contributed by atoms with Crippen molar-refractivity contribution in [1.29, 1.82) is 0 Å². The smallest absolute Gasteiger partial charge is 0.320 e. The maximum atomic E-state index is 11.6. The monoisotopic (exact) mass is 235 g/mol. The Labute approximate surface area is 86.0 Å². The molecular formula is C6H13ClF3N3O. The number of carbonyl (C=O) groups excluding carboxylic acids is 1. The van der Waals surface area contributed by atoms with E-state index in [4.69, 9.17) is 5.73 Å². The molecule has 0 aliphatic carbocycles. The Hall–Kier alpha value is -0.530. The summed E-state index contributed by atoms with van der Waals surface area (Å²) < 4.78 is 34.9. The third-order valence-electron chi connectivity index (χ3n) is 1.24. The van der Waals surface area contributed by atoms with Crippen molar-refractivity contribution in [2.45, 2.75) is 19.1 Å². The summed E-state index contributed by atoms with van der Waals surface area (Å²) in [5.41, 5.74) is 7.05. The number of halogens is 4. The van der Waals surface area contributed by atoms with Gasteiger partial charge in [-0.2, -0.15) is 13.2 Å². The third-order valence-corrected chi connectivity index (χ3v) is 1.24. The zero-order chi connectivity index (χ0) is 10.6. The summed E-state index contributed by atoms with van der Waals surface area (Å²) in [6.07, 6.45) is -4.34. The largest absolute Gasteiger partial charge is 0.402 e. The Kier molecular flexibility index (Phi) is 6.88. The van der Waals surface area contributed by atoms with Crippen LogP contribution in [0.1, 0.15) is 6.92 Å². The van der Waals surface area contributed by atoms with E-state index in [9.17, 15) is 18.0 Å². The Morgan fingerprint density at radius 1 is 1.57 bits per heavy atom. The van der Waals surface area contributed by atoms with E-state index in [1.54, 1.807) is 0 Å². The molecule has 0 aliphatic heterocycles. The van der Waals surface area contributed by atoms with Gasteiger partial charge in [-0.05, 0) is 6.92 Å². The van der Waals surface area contributed by atoms with Crippen LogP contribution in [0.5, 0.6) is 0 Å². The second-order valence-corrected chi connectivity index (χ2v) is 2.64. The van der Waals surface area contributed by atoms with Crippen LogP contribution < -0.4 is 11.2 Å². The molecule has 0 aliphatic rings. The van der Waals surface area contributed by atoms with Crippen LogP contribution in [0.15, 0.2) is 0 Å². The van der Waals surface area contributed by atoms with Gasteiger partial charge in [0.05, 0.1) is 6.04 Å². The van der Waals surface area contributed by atoms with Crippen molar-refractivity contribution in [2.75, 3.05) is 13.6 Å². The fourth-order valence-electron chi connectivity index (χ4n) is 0.592. The molecule has 86 valence electrons. The minimum absolute atomic E-state index is 0. The molecule has 1 atom stereocenters. The van der Waals surface area contributed by atoms with Gasteiger partial charge < -0.3 is 5.73 Å². The average Bonchev–Trinajstić information content (AvgIpc) is 1.97. The summed E-state index contributed by atoms with van der Waals surface area (Å²) in [4.78, 5) is 10.9. The molecule has 4 nitrogen and oxygen atoms in total. The molecule has 14 heavy (non-hydrogen) atoms. The molecule has 0 radical (unpaired) electrons. The van der Waals surface area contributed by atoms with Crippen LogP contribution in [-0.2, 0) is 4.79 Å².